The van der Waals surface area contributed by atoms with Gasteiger partial charge in [0.15, 0.2) is 5.78 Å². The standard InChI is InChI=1S/C9H4Cl2F3IO/c10-3-7(16)8-5(11)1-4(2-6(8)15)9(12,13)14/h1-2H,3H2. The molecule has 0 saturated heterocycles. The molecule has 88 valence electrons. The van der Waals surface area contributed by atoms with E-state index in [4.69, 9.17) is 23.2 Å². The third kappa shape index (κ3) is 3.01. The van der Waals surface area contributed by atoms with Crippen molar-refractivity contribution in [1.82, 2.24) is 0 Å². The lowest BCUT2D eigenvalue weighted by Gasteiger charge is -2.10. The molecule has 0 N–H and O–H groups in total. The molecule has 0 heterocycles. The predicted octanol–water partition coefficient (Wildman–Crippen LogP) is 4.38. The molecule has 0 unspecified atom stereocenters. The predicted molar refractivity (Wildman–Crippen MR) is 64.2 cm³/mol. The third-order valence-corrected chi connectivity index (χ3v) is 3.16. The lowest BCUT2D eigenvalue weighted by molar-refractivity contribution is -0.137. The maximum atomic E-state index is 12.4. The van der Waals surface area contributed by atoms with E-state index in [-0.39, 0.29) is 20.0 Å². The number of hydrogen-bond acceptors (Lipinski definition) is 1. The molecule has 0 aromatic heterocycles. The van der Waals surface area contributed by atoms with Gasteiger partial charge in [-0.1, -0.05) is 11.6 Å². The maximum Gasteiger partial charge on any atom is 0.416 e. The number of Topliss-reactive ketones (excluding diaryl/α,β-unsaturated/α-hetero) is 1. The van der Waals surface area contributed by atoms with Crippen LogP contribution in [0.1, 0.15) is 15.9 Å². The van der Waals surface area contributed by atoms with Crippen LogP contribution in [0.15, 0.2) is 12.1 Å². The highest BCUT2D eigenvalue weighted by Gasteiger charge is 2.32. The summed E-state index contributed by atoms with van der Waals surface area (Å²) in [6.07, 6.45) is -4.48. The molecular formula is C9H4Cl2F3IO. The lowest BCUT2D eigenvalue weighted by Crippen LogP contribution is -2.10. The van der Waals surface area contributed by atoms with Crippen molar-refractivity contribution in [2.24, 2.45) is 0 Å². The van der Waals surface area contributed by atoms with Gasteiger partial charge in [0.1, 0.15) is 0 Å². The Balaban J connectivity index is 3.34. The zero-order valence-electron chi connectivity index (χ0n) is 7.54. The van der Waals surface area contributed by atoms with Crippen molar-refractivity contribution in [3.8, 4) is 0 Å². The zero-order valence-corrected chi connectivity index (χ0v) is 11.2. The maximum absolute atomic E-state index is 12.4. The molecule has 0 radical (unpaired) electrons. The average molecular weight is 383 g/mol. The van der Waals surface area contributed by atoms with Gasteiger partial charge in [-0.2, -0.15) is 13.2 Å². The first-order valence-electron chi connectivity index (χ1n) is 3.92. The Morgan fingerprint density at radius 3 is 2.31 bits per heavy atom. The highest BCUT2D eigenvalue weighted by molar-refractivity contribution is 14.1. The van der Waals surface area contributed by atoms with Crippen LogP contribution in [-0.2, 0) is 6.18 Å². The van der Waals surface area contributed by atoms with Gasteiger partial charge in [0.05, 0.1) is 22.0 Å². The molecule has 7 heteroatoms. The molecule has 0 bridgehead atoms. The summed E-state index contributed by atoms with van der Waals surface area (Å²) in [7, 11) is 0. The molecule has 0 saturated carbocycles. The van der Waals surface area contributed by atoms with Gasteiger partial charge >= 0.3 is 6.18 Å². The molecule has 1 aromatic rings. The normalized spacial score (nSPS) is 11.6. The summed E-state index contributed by atoms with van der Waals surface area (Å²) in [5.41, 5.74) is -0.849. The van der Waals surface area contributed by atoms with E-state index in [0.29, 0.717) is 0 Å². The molecule has 0 aliphatic heterocycles. The van der Waals surface area contributed by atoms with E-state index in [1.807, 2.05) is 0 Å². The van der Waals surface area contributed by atoms with Crippen LogP contribution < -0.4 is 0 Å². The monoisotopic (exact) mass is 382 g/mol. The second-order valence-electron chi connectivity index (χ2n) is 2.87. The smallest absolute Gasteiger partial charge is 0.293 e. The molecule has 1 rings (SSSR count). The van der Waals surface area contributed by atoms with Crippen LogP contribution in [0.25, 0.3) is 0 Å². The third-order valence-electron chi connectivity index (χ3n) is 1.77. The number of alkyl halides is 4. The zero-order chi connectivity index (χ0) is 12.5. The van der Waals surface area contributed by atoms with E-state index in [2.05, 4.69) is 0 Å². The van der Waals surface area contributed by atoms with Gasteiger partial charge in [0, 0.05) is 3.57 Å². The van der Waals surface area contributed by atoms with Gasteiger partial charge in [-0.25, -0.2) is 0 Å². The Morgan fingerprint density at radius 1 is 1.38 bits per heavy atom. The summed E-state index contributed by atoms with van der Waals surface area (Å²) in [6, 6.07) is 1.59. The fraction of sp³-hybridized carbons (Fsp3) is 0.222. The first kappa shape index (κ1) is 14.1. The van der Waals surface area contributed by atoms with Gasteiger partial charge in [-0.3, -0.25) is 4.79 Å². The number of ketones is 1. The minimum Gasteiger partial charge on any atom is -0.293 e. The summed E-state index contributed by atoms with van der Waals surface area (Å²) in [5, 5.41) is -0.232. The van der Waals surface area contributed by atoms with Crippen molar-refractivity contribution in [1.29, 1.82) is 0 Å². The van der Waals surface area contributed by atoms with E-state index >= 15 is 0 Å². The topological polar surface area (TPSA) is 17.1 Å². The van der Waals surface area contributed by atoms with E-state index in [1.165, 1.54) is 0 Å². The fourth-order valence-corrected chi connectivity index (χ4v) is 2.61. The van der Waals surface area contributed by atoms with Gasteiger partial charge in [0.25, 0.3) is 0 Å². The molecule has 1 aromatic carbocycles. The largest absolute Gasteiger partial charge is 0.416 e. The highest BCUT2D eigenvalue weighted by atomic mass is 127. The van der Waals surface area contributed by atoms with Crippen molar-refractivity contribution >= 4 is 51.6 Å². The van der Waals surface area contributed by atoms with Crippen LogP contribution in [0.5, 0.6) is 0 Å². The number of benzene rings is 1. The van der Waals surface area contributed by atoms with Crippen LogP contribution in [-0.4, -0.2) is 11.7 Å². The van der Waals surface area contributed by atoms with Crippen molar-refractivity contribution in [3.63, 3.8) is 0 Å². The number of rotatable bonds is 2. The van der Waals surface area contributed by atoms with Crippen molar-refractivity contribution in [2.75, 3.05) is 5.88 Å². The van der Waals surface area contributed by atoms with Gasteiger partial charge in [0.2, 0.25) is 0 Å². The lowest BCUT2D eigenvalue weighted by atomic mass is 10.1. The highest BCUT2D eigenvalue weighted by Crippen LogP contribution is 2.34. The van der Waals surface area contributed by atoms with Crippen molar-refractivity contribution in [2.45, 2.75) is 6.18 Å². The Morgan fingerprint density at radius 2 is 1.94 bits per heavy atom. The van der Waals surface area contributed by atoms with Gasteiger partial charge < -0.3 is 0 Å². The van der Waals surface area contributed by atoms with Crippen LogP contribution in [0.3, 0.4) is 0 Å². The van der Waals surface area contributed by atoms with Gasteiger partial charge in [-0.05, 0) is 34.7 Å². The molecule has 0 amide bonds. The Bertz CT molecular complexity index is 408. The Hall–Kier alpha value is -0.0100. The van der Waals surface area contributed by atoms with Crippen molar-refractivity contribution < 1.29 is 18.0 Å². The van der Waals surface area contributed by atoms with E-state index in [9.17, 15) is 18.0 Å². The molecule has 0 fully saturated rings. The number of halogens is 6. The van der Waals surface area contributed by atoms with Crippen LogP contribution in [0.4, 0.5) is 13.2 Å². The van der Waals surface area contributed by atoms with Crippen LogP contribution in [0.2, 0.25) is 5.02 Å². The molecule has 0 spiro atoms. The summed E-state index contributed by atoms with van der Waals surface area (Å²) >= 11 is 12.6. The van der Waals surface area contributed by atoms with Crippen molar-refractivity contribution in [3.05, 3.63) is 31.9 Å². The summed E-state index contributed by atoms with van der Waals surface area (Å²) in [4.78, 5) is 11.3. The van der Waals surface area contributed by atoms with E-state index < -0.39 is 17.5 Å². The average Bonchev–Trinajstić information content (AvgIpc) is 2.14. The molecule has 0 aliphatic rings. The number of carbonyl (C=O) groups is 1. The minimum atomic E-state index is -4.48. The minimum absolute atomic E-state index is 0.0327. The van der Waals surface area contributed by atoms with Crippen LogP contribution >= 0.6 is 45.8 Å². The summed E-state index contributed by atoms with van der Waals surface area (Å²) in [5.74, 6) is -0.814. The fourth-order valence-electron chi connectivity index (χ4n) is 1.07. The van der Waals surface area contributed by atoms with E-state index in [0.717, 1.165) is 12.1 Å². The van der Waals surface area contributed by atoms with Crippen LogP contribution in [0, 0.1) is 3.57 Å². The molecular weight excluding hydrogens is 379 g/mol. The van der Waals surface area contributed by atoms with Gasteiger partial charge in [-0.15, -0.1) is 11.6 Å². The van der Waals surface area contributed by atoms with E-state index in [1.54, 1.807) is 22.6 Å². The molecule has 16 heavy (non-hydrogen) atoms. The first-order chi connectivity index (χ1) is 7.27. The Kier molecular flexibility index (Phi) is 4.48. The number of hydrogen-bond donors (Lipinski definition) is 0. The first-order valence-corrected chi connectivity index (χ1v) is 5.92. The summed E-state index contributed by atoms with van der Waals surface area (Å²) in [6.45, 7) is 0. The second-order valence-corrected chi connectivity index (χ2v) is 4.71. The second kappa shape index (κ2) is 5.10. The quantitative estimate of drug-likeness (QED) is 0.421. The SMILES string of the molecule is O=C(CCl)c1c(Cl)cc(C(F)(F)F)cc1I. The number of carbonyl (C=O) groups excluding carboxylic acids is 1. The molecule has 0 aliphatic carbocycles. The molecule has 1 nitrogen and oxygen atoms in total. The Labute approximate surface area is 113 Å². The summed E-state index contributed by atoms with van der Waals surface area (Å²) < 4.78 is 37.3. The molecule has 0 atom stereocenters.